The van der Waals surface area contributed by atoms with Gasteiger partial charge < -0.3 is 15.5 Å². The molecule has 0 radical (unpaired) electrons. The summed E-state index contributed by atoms with van der Waals surface area (Å²) in [6, 6.07) is 0. The Balaban J connectivity index is 2.78. The highest BCUT2D eigenvalue weighted by Crippen LogP contribution is 2.58. The van der Waals surface area contributed by atoms with Gasteiger partial charge in [0, 0.05) is 0 Å². The molecule has 1 amide bonds. The van der Waals surface area contributed by atoms with E-state index in [-0.39, 0.29) is 5.91 Å². The van der Waals surface area contributed by atoms with Crippen molar-refractivity contribution in [1.29, 1.82) is 0 Å². The Hall–Kier alpha value is -1.10. The van der Waals surface area contributed by atoms with E-state index in [0.29, 0.717) is 0 Å². The van der Waals surface area contributed by atoms with Gasteiger partial charge in [-0.2, -0.15) is 0 Å². The van der Waals surface area contributed by atoms with E-state index in [1.807, 2.05) is 0 Å². The van der Waals surface area contributed by atoms with Gasteiger partial charge in [0.25, 0.3) is 0 Å². The molecule has 0 unspecified atom stereocenters. The van der Waals surface area contributed by atoms with Crippen LogP contribution < -0.4 is 5.32 Å². The van der Waals surface area contributed by atoms with Crippen molar-refractivity contribution >= 4 is 11.9 Å². The second-order valence-electron chi connectivity index (χ2n) is 6.79. The highest BCUT2D eigenvalue weighted by atomic mass is 16.4. The van der Waals surface area contributed by atoms with Gasteiger partial charge in [-0.15, -0.1) is 0 Å². The normalized spacial score (nSPS) is 26.6. The maximum absolute atomic E-state index is 12.1. The van der Waals surface area contributed by atoms with E-state index in [0.717, 1.165) is 0 Å². The average Bonchev–Trinajstić information content (AvgIpc) is 2.66. The minimum Gasteiger partial charge on any atom is -0.481 e. The van der Waals surface area contributed by atoms with Crippen molar-refractivity contribution in [3.63, 3.8) is 0 Å². The first kappa shape index (κ1) is 15.0. The fourth-order valence-electron chi connectivity index (χ4n) is 2.13. The van der Waals surface area contributed by atoms with Crippen molar-refractivity contribution in [3.05, 3.63) is 0 Å². The first-order valence-corrected chi connectivity index (χ1v) is 6.09. The van der Waals surface area contributed by atoms with Crippen LogP contribution in [0.25, 0.3) is 0 Å². The van der Waals surface area contributed by atoms with Gasteiger partial charge >= 0.3 is 5.97 Å². The predicted molar refractivity (Wildman–Crippen MR) is 66.9 cm³/mol. The number of carbonyl (C=O) groups excluding carboxylic acids is 1. The molecular formula is C13H23NO4. The van der Waals surface area contributed by atoms with Crippen LogP contribution in [0, 0.1) is 17.3 Å². The zero-order valence-electron chi connectivity index (χ0n) is 11.9. The van der Waals surface area contributed by atoms with Crippen LogP contribution in [0.5, 0.6) is 0 Å². The van der Waals surface area contributed by atoms with Gasteiger partial charge in [-0.3, -0.25) is 9.59 Å². The van der Waals surface area contributed by atoms with Crippen molar-refractivity contribution in [2.24, 2.45) is 17.3 Å². The SMILES string of the molecule is CC1(C)[C@H](C(=O)O)[C@@H]1C(=O)NC(C)(C)C(C)(C)O. The summed E-state index contributed by atoms with van der Waals surface area (Å²) in [5.41, 5.74) is -2.42. The highest BCUT2D eigenvalue weighted by molar-refractivity contribution is 5.92. The van der Waals surface area contributed by atoms with Crippen molar-refractivity contribution in [2.75, 3.05) is 0 Å². The van der Waals surface area contributed by atoms with Gasteiger partial charge in [0.1, 0.15) is 0 Å². The molecule has 1 rings (SSSR count). The lowest BCUT2D eigenvalue weighted by Gasteiger charge is -2.38. The van der Waals surface area contributed by atoms with Crippen molar-refractivity contribution < 1.29 is 19.8 Å². The molecule has 1 saturated carbocycles. The first-order valence-electron chi connectivity index (χ1n) is 6.09. The molecule has 0 aromatic heterocycles. The Morgan fingerprint density at radius 1 is 1.11 bits per heavy atom. The maximum Gasteiger partial charge on any atom is 0.307 e. The van der Waals surface area contributed by atoms with Crippen molar-refractivity contribution in [1.82, 2.24) is 5.32 Å². The van der Waals surface area contributed by atoms with E-state index in [1.165, 1.54) is 0 Å². The van der Waals surface area contributed by atoms with Crippen LogP contribution >= 0.6 is 0 Å². The lowest BCUT2D eigenvalue weighted by Crippen LogP contribution is -2.58. The smallest absolute Gasteiger partial charge is 0.307 e. The number of aliphatic hydroxyl groups is 1. The van der Waals surface area contributed by atoms with Gasteiger partial charge in [-0.25, -0.2) is 0 Å². The van der Waals surface area contributed by atoms with Crippen LogP contribution in [0.1, 0.15) is 41.5 Å². The van der Waals surface area contributed by atoms with E-state index in [4.69, 9.17) is 5.11 Å². The molecule has 0 saturated heterocycles. The Morgan fingerprint density at radius 3 is 1.83 bits per heavy atom. The van der Waals surface area contributed by atoms with E-state index in [9.17, 15) is 14.7 Å². The van der Waals surface area contributed by atoms with E-state index >= 15 is 0 Å². The number of rotatable bonds is 4. The Kier molecular flexibility index (Phi) is 3.28. The van der Waals surface area contributed by atoms with Crippen LogP contribution in [0.2, 0.25) is 0 Å². The average molecular weight is 257 g/mol. The Bertz CT molecular complexity index is 379. The van der Waals surface area contributed by atoms with Gasteiger partial charge in [0.05, 0.1) is 23.0 Å². The molecule has 0 aromatic rings. The second kappa shape index (κ2) is 3.95. The number of hydrogen-bond acceptors (Lipinski definition) is 3. The molecular weight excluding hydrogens is 234 g/mol. The lowest BCUT2D eigenvalue weighted by molar-refractivity contribution is -0.141. The summed E-state index contributed by atoms with van der Waals surface area (Å²) < 4.78 is 0. The molecule has 18 heavy (non-hydrogen) atoms. The van der Waals surface area contributed by atoms with E-state index in [1.54, 1.807) is 41.5 Å². The summed E-state index contributed by atoms with van der Waals surface area (Å²) in [5.74, 6) is -2.42. The minimum atomic E-state index is -1.08. The minimum absolute atomic E-state index is 0.306. The van der Waals surface area contributed by atoms with E-state index < -0.39 is 34.4 Å². The van der Waals surface area contributed by atoms with Gasteiger partial charge in [0.2, 0.25) is 5.91 Å². The van der Waals surface area contributed by atoms with Crippen LogP contribution in [-0.4, -0.2) is 33.2 Å². The van der Waals surface area contributed by atoms with Gasteiger partial charge in [-0.05, 0) is 33.1 Å². The summed E-state index contributed by atoms with van der Waals surface area (Å²) >= 11 is 0. The van der Waals surface area contributed by atoms with E-state index in [2.05, 4.69) is 5.32 Å². The Labute approximate surface area is 108 Å². The molecule has 5 heteroatoms. The highest BCUT2D eigenvalue weighted by Gasteiger charge is 2.66. The molecule has 0 aliphatic heterocycles. The zero-order valence-corrected chi connectivity index (χ0v) is 11.9. The summed E-state index contributed by atoms with van der Waals surface area (Å²) in [6.07, 6.45) is 0. The number of carbonyl (C=O) groups is 2. The number of carboxylic acid groups (broad SMARTS) is 1. The fraction of sp³-hybridized carbons (Fsp3) is 0.846. The molecule has 3 N–H and O–H groups in total. The third kappa shape index (κ3) is 2.36. The molecule has 2 atom stereocenters. The number of aliphatic carboxylic acids is 1. The van der Waals surface area contributed by atoms with Gasteiger partial charge in [0.15, 0.2) is 0 Å². The Morgan fingerprint density at radius 2 is 1.56 bits per heavy atom. The molecule has 104 valence electrons. The number of amides is 1. The van der Waals surface area contributed by atoms with Crippen molar-refractivity contribution in [2.45, 2.75) is 52.7 Å². The lowest BCUT2D eigenvalue weighted by atomic mass is 9.85. The quantitative estimate of drug-likeness (QED) is 0.701. The first-order chi connectivity index (χ1) is 7.82. The molecule has 0 heterocycles. The zero-order chi connectivity index (χ0) is 14.5. The number of carboxylic acids is 1. The third-order valence-electron chi connectivity index (χ3n) is 4.34. The van der Waals surface area contributed by atoms with Crippen LogP contribution in [0.4, 0.5) is 0 Å². The molecule has 5 nitrogen and oxygen atoms in total. The molecule has 1 aliphatic rings. The van der Waals surface area contributed by atoms with Crippen LogP contribution in [-0.2, 0) is 9.59 Å². The van der Waals surface area contributed by atoms with Gasteiger partial charge in [-0.1, -0.05) is 13.8 Å². The fourth-order valence-corrected chi connectivity index (χ4v) is 2.13. The topological polar surface area (TPSA) is 86.6 Å². The summed E-state index contributed by atoms with van der Waals surface area (Å²) in [5, 5.41) is 21.8. The number of nitrogens with one attached hydrogen (secondary N) is 1. The summed E-state index contributed by atoms with van der Waals surface area (Å²) in [4.78, 5) is 23.1. The molecule has 1 fully saturated rings. The standard InChI is InChI=1S/C13H23NO4/c1-11(2)7(8(11)10(16)17)9(15)14-12(3,4)13(5,6)18/h7-8,18H,1-6H3,(H,14,15)(H,16,17)/t7-,8+/m1/s1. The molecule has 0 aromatic carbocycles. The predicted octanol–water partition coefficient (Wildman–Crippen LogP) is 1.01. The van der Waals surface area contributed by atoms with Crippen LogP contribution in [0.15, 0.2) is 0 Å². The summed E-state index contributed by atoms with van der Waals surface area (Å²) in [6.45, 7) is 10.2. The van der Waals surface area contributed by atoms with Crippen LogP contribution in [0.3, 0.4) is 0 Å². The summed E-state index contributed by atoms with van der Waals surface area (Å²) in [7, 11) is 0. The number of hydrogen-bond donors (Lipinski definition) is 3. The largest absolute Gasteiger partial charge is 0.481 e. The maximum atomic E-state index is 12.1. The molecule has 1 aliphatic carbocycles. The third-order valence-corrected chi connectivity index (χ3v) is 4.34. The molecule has 0 spiro atoms. The second-order valence-corrected chi connectivity index (χ2v) is 6.79. The monoisotopic (exact) mass is 257 g/mol. The van der Waals surface area contributed by atoms with Crippen molar-refractivity contribution in [3.8, 4) is 0 Å². The molecule has 0 bridgehead atoms.